The second-order valence-corrected chi connectivity index (χ2v) is 5.50. The fraction of sp³-hybridized carbons (Fsp3) is 0.333. The number of benzene rings is 1. The summed E-state index contributed by atoms with van der Waals surface area (Å²) in [4.78, 5) is 26.3. The molecule has 0 saturated carbocycles. The van der Waals surface area contributed by atoms with Crippen LogP contribution < -0.4 is 5.32 Å². The van der Waals surface area contributed by atoms with Gasteiger partial charge in [-0.2, -0.15) is 0 Å². The molecule has 2 rings (SSSR count). The van der Waals surface area contributed by atoms with Gasteiger partial charge in [0.2, 0.25) is 5.91 Å². The summed E-state index contributed by atoms with van der Waals surface area (Å²) in [6.45, 7) is 0.286. The van der Waals surface area contributed by atoms with E-state index in [2.05, 4.69) is 10.3 Å². The summed E-state index contributed by atoms with van der Waals surface area (Å²) in [6.07, 6.45) is 0.999. The van der Waals surface area contributed by atoms with Crippen molar-refractivity contribution >= 4 is 11.9 Å². The van der Waals surface area contributed by atoms with E-state index in [9.17, 15) is 9.59 Å². The molecule has 1 aromatic heterocycles. The Morgan fingerprint density at radius 2 is 1.96 bits per heavy atom. The zero-order valence-electron chi connectivity index (χ0n) is 13.6. The second kappa shape index (κ2) is 8.88. The molecule has 0 aliphatic heterocycles. The van der Waals surface area contributed by atoms with E-state index in [1.165, 1.54) is 7.11 Å². The summed E-state index contributed by atoms with van der Waals surface area (Å²) in [5.41, 5.74) is 3.01. The number of H-pyrrole nitrogens is 1. The van der Waals surface area contributed by atoms with Gasteiger partial charge in [-0.1, -0.05) is 30.3 Å². The number of carbonyl (C=O) groups excluding carboxylic acids is 1. The lowest BCUT2D eigenvalue weighted by atomic mass is 10.2. The third-order valence-electron chi connectivity index (χ3n) is 3.70. The van der Waals surface area contributed by atoms with Gasteiger partial charge >= 0.3 is 5.97 Å². The highest BCUT2D eigenvalue weighted by Gasteiger charge is 2.19. The zero-order valence-corrected chi connectivity index (χ0v) is 13.6. The summed E-state index contributed by atoms with van der Waals surface area (Å²) in [7, 11) is 1.50. The first-order valence-electron chi connectivity index (χ1n) is 7.84. The minimum Gasteiger partial charge on any atom is -0.480 e. The third-order valence-corrected chi connectivity index (χ3v) is 3.70. The van der Waals surface area contributed by atoms with Crippen molar-refractivity contribution in [3.05, 3.63) is 48.2 Å². The molecule has 0 radical (unpaired) electrons. The normalized spacial score (nSPS) is 11.9. The Bertz CT molecular complexity index is 667. The SMILES string of the molecule is COCCC(NC(=O)CCc1ccc(-c2ccccc2)[nH]1)C(=O)O. The number of nitrogens with one attached hydrogen (secondary N) is 2. The summed E-state index contributed by atoms with van der Waals surface area (Å²) >= 11 is 0. The average molecular weight is 330 g/mol. The van der Waals surface area contributed by atoms with Crippen LogP contribution in [0.1, 0.15) is 18.5 Å². The molecule has 0 bridgehead atoms. The molecule has 0 fully saturated rings. The molecule has 1 unspecified atom stereocenters. The molecule has 0 aliphatic carbocycles. The van der Waals surface area contributed by atoms with E-state index in [0.717, 1.165) is 17.0 Å². The molecule has 1 heterocycles. The molecule has 6 heteroatoms. The van der Waals surface area contributed by atoms with Crippen molar-refractivity contribution in [2.24, 2.45) is 0 Å². The monoisotopic (exact) mass is 330 g/mol. The highest BCUT2D eigenvalue weighted by Crippen LogP contribution is 2.18. The zero-order chi connectivity index (χ0) is 17.4. The third kappa shape index (κ3) is 5.24. The fourth-order valence-corrected chi connectivity index (χ4v) is 2.38. The number of aryl methyl sites for hydroxylation is 1. The van der Waals surface area contributed by atoms with Gasteiger partial charge in [-0.15, -0.1) is 0 Å². The summed E-state index contributed by atoms with van der Waals surface area (Å²) in [6, 6.07) is 12.9. The molecule has 3 N–H and O–H groups in total. The first-order chi connectivity index (χ1) is 11.6. The van der Waals surface area contributed by atoms with E-state index in [4.69, 9.17) is 9.84 Å². The van der Waals surface area contributed by atoms with Crippen LogP contribution in [0.3, 0.4) is 0 Å². The van der Waals surface area contributed by atoms with Crippen LogP contribution in [0.25, 0.3) is 11.3 Å². The maximum Gasteiger partial charge on any atom is 0.326 e. The van der Waals surface area contributed by atoms with Gasteiger partial charge in [-0.3, -0.25) is 4.79 Å². The van der Waals surface area contributed by atoms with Crippen molar-refractivity contribution in [3.63, 3.8) is 0 Å². The van der Waals surface area contributed by atoms with Crippen molar-refractivity contribution in [2.75, 3.05) is 13.7 Å². The first-order valence-corrected chi connectivity index (χ1v) is 7.84. The Labute approximate surface area is 140 Å². The molecule has 6 nitrogen and oxygen atoms in total. The van der Waals surface area contributed by atoms with Crippen molar-refractivity contribution in [2.45, 2.75) is 25.3 Å². The molecule has 1 atom stereocenters. The van der Waals surface area contributed by atoms with Crippen LogP contribution in [0, 0.1) is 0 Å². The topological polar surface area (TPSA) is 91.4 Å². The van der Waals surface area contributed by atoms with Gasteiger partial charge in [0.1, 0.15) is 6.04 Å². The van der Waals surface area contributed by atoms with Crippen LogP contribution in [0.4, 0.5) is 0 Å². The maximum absolute atomic E-state index is 11.9. The minimum absolute atomic E-state index is 0.228. The quantitative estimate of drug-likeness (QED) is 0.657. The average Bonchev–Trinajstić information content (AvgIpc) is 3.06. The van der Waals surface area contributed by atoms with Crippen molar-refractivity contribution in [3.8, 4) is 11.3 Å². The Morgan fingerprint density at radius 3 is 2.62 bits per heavy atom. The number of carbonyl (C=O) groups is 2. The van der Waals surface area contributed by atoms with Gasteiger partial charge in [-0.25, -0.2) is 4.79 Å². The van der Waals surface area contributed by atoms with Crippen LogP contribution in [0.2, 0.25) is 0 Å². The van der Waals surface area contributed by atoms with Gasteiger partial charge in [-0.05, 0) is 24.1 Å². The van der Waals surface area contributed by atoms with Gasteiger partial charge in [0.25, 0.3) is 0 Å². The second-order valence-electron chi connectivity index (χ2n) is 5.50. The van der Waals surface area contributed by atoms with Crippen LogP contribution in [-0.4, -0.2) is 41.7 Å². The number of carboxylic acids is 1. The fourth-order valence-electron chi connectivity index (χ4n) is 2.38. The number of rotatable bonds is 9. The minimum atomic E-state index is -1.05. The molecular formula is C18H22N2O4. The predicted octanol–water partition coefficient (Wildman–Crippen LogP) is 2.22. The van der Waals surface area contributed by atoms with Crippen LogP contribution in [-0.2, 0) is 20.7 Å². The van der Waals surface area contributed by atoms with Crippen molar-refractivity contribution in [1.82, 2.24) is 10.3 Å². The largest absolute Gasteiger partial charge is 0.480 e. The molecule has 128 valence electrons. The van der Waals surface area contributed by atoms with E-state index in [0.29, 0.717) is 6.42 Å². The molecule has 2 aromatic rings. The van der Waals surface area contributed by atoms with E-state index < -0.39 is 12.0 Å². The highest BCUT2D eigenvalue weighted by atomic mass is 16.5. The number of aromatic nitrogens is 1. The number of aliphatic carboxylic acids is 1. The molecule has 0 saturated heterocycles. The Morgan fingerprint density at radius 1 is 1.21 bits per heavy atom. The number of aromatic amines is 1. The van der Waals surface area contributed by atoms with E-state index in [1.54, 1.807) is 0 Å². The number of methoxy groups -OCH3 is 1. The maximum atomic E-state index is 11.9. The summed E-state index contributed by atoms with van der Waals surface area (Å²) < 4.78 is 4.86. The Kier molecular flexibility index (Phi) is 6.57. The van der Waals surface area contributed by atoms with E-state index in [-0.39, 0.29) is 25.4 Å². The summed E-state index contributed by atoms with van der Waals surface area (Å²) in [5, 5.41) is 11.6. The molecule has 0 aliphatic rings. The van der Waals surface area contributed by atoms with Crippen LogP contribution in [0.15, 0.2) is 42.5 Å². The Hall–Kier alpha value is -2.60. The van der Waals surface area contributed by atoms with Gasteiger partial charge < -0.3 is 20.1 Å². The van der Waals surface area contributed by atoms with Gasteiger partial charge in [0.05, 0.1) is 0 Å². The lowest BCUT2D eigenvalue weighted by Gasteiger charge is -2.13. The number of ether oxygens (including phenoxy) is 1. The van der Waals surface area contributed by atoms with Gasteiger partial charge in [0, 0.05) is 37.9 Å². The van der Waals surface area contributed by atoms with Crippen molar-refractivity contribution < 1.29 is 19.4 Å². The van der Waals surface area contributed by atoms with E-state index >= 15 is 0 Å². The number of amides is 1. The molecule has 1 aromatic carbocycles. The highest BCUT2D eigenvalue weighted by molar-refractivity contribution is 5.83. The standard InChI is InChI=1S/C18H22N2O4/c1-24-12-11-16(18(22)23)20-17(21)10-8-14-7-9-15(19-14)13-5-3-2-4-6-13/h2-7,9,16,19H,8,10-12H2,1H3,(H,20,21)(H,22,23). The molecule has 0 spiro atoms. The molecule has 1 amide bonds. The summed E-state index contributed by atoms with van der Waals surface area (Å²) in [5.74, 6) is -1.33. The van der Waals surface area contributed by atoms with Crippen molar-refractivity contribution in [1.29, 1.82) is 0 Å². The number of carboxylic acid groups (broad SMARTS) is 1. The smallest absolute Gasteiger partial charge is 0.326 e. The van der Waals surface area contributed by atoms with Gasteiger partial charge in [0.15, 0.2) is 0 Å². The van der Waals surface area contributed by atoms with Crippen LogP contribution >= 0.6 is 0 Å². The predicted molar refractivity (Wildman–Crippen MR) is 90.6 cm³/mol. The molecule has 24 heavy (non-hydrogen) atoms. The Balaban J connectivity index is 1.85. The number of hydrogen-bond acceptors (Lipinski definition) is 3. The first kappa shape index (κ1) is 17.7. The molecular weight excluding hydrogens is 308 g/mol. The van der Waals surface area contributed by atoms with E-state index in [1.807, 2.05) is 42.5 Å². The lowest BCUT2D eigenvalue weighted by Crippen LogP contribution is -2.41. The van der Waals surface area contributed by atoms with Crippen LogP contribution in [0.5, 0.6) is 0 Å². The number of hydrogen-bond donors (Lipinski definition) is 3. The lowest BCUT2D eigenvalue weighted by molar-refractivity contribution is -0.142.